The minimum Gasteiger partial charge on any atom is -0.326 e. The van der Waals surface area contributed by atoms with Crippen molar-refractivity contribution in [3.05, 3.63) is 87.2 Å². The second-order valence-corrected chi connectivity index (χ2v) is 8.01. The molecule has 0 unspecified atom stereocenters. The first kappa shape index (κ1) is 23.2. The normalized spacial score (nSPS) is 10.5. The fourth-order valence-corrected chi connectivity index (χ4v) is 3.79. The smallest absolute Gasteiger partial charge is 0.270 e. The van der Waals surface area contributed by atoms with E-state index in [1.807, 2.05) is 0 Å². The van der Waals surface area contributed by atoms with E-state index in [0.717, 1.165) is 17.8 Å². The van der Waals surface area contributed by atoms with Crippen molar-refractivity contribution in [3.63, 3.8) is 0 Å². The molecule has 0 bridgehead atoms. The number of nitrogens with one attached hydrogen (secondary N) is 2. The number of anilines is 2. The van der Waals surface area contributed by atoms with E-state index in [4.69, 9.17) is 11.6 Å². The molecule has 0 radical (unpaired) electrons. The summed E-state index contributed by atoms with van der Waals surface area (Å²) in [7, 11) is 0. The van der Waals surface area contributed by atoms with Crippen molar-refractivity contribution in [3.8, 4) is 0 Å². The highest BCUT2D eigenvalue weighted by molar-refractivity contribution is 7.99. The van der Waals surface area contributed by atoms with Gasteiger partial charge in [-0.3, -0.25) is 19.7 Å². The van der Waals surface area contributed by atoms with Gasteiger partial charge in [0, 0.05) is 34.0 Å². The van der Waals surface area contributed by atoms with Gasteiger partial charge in [-0.25, -0.2) is 4.39 Å². The van der Waals surface area contributed by atoms with Crippen molar-refractivity contribution >= 4 is 52.2 Å². The summed E-state index contributed by atoms with van der Waals surface area (Å²) in [5.74, 6) is -1.37. The first-order chi connectivity index (χ1) is 15.3. The van der Waals surface area contributed by atoms with E-state index in [0.29, 0.717) is 10.6 Å². The van der Waals surface area contributed by atoms with Crippen LogP contribution in [0.3, 0.4) is 0 Å². The van der Waals surface area contributed by atoms with Crippen molar-refractivity contribution < 1.29 is 18.9 Å². The molecule has 7 nitrogen and oxygen atoms in total. The molecule has 0 fully saturated rings. The summed E-state index contributed by atoms with van der Waals surface area (Å²) in [6, 6.07) is 14.3. The van der Waals surface area contributed by atoms with Gasteiger partial charge in [0.1, 0.15) is 5.82 Å². The van der Waals surface area contributed by atoms with Crippen LogP contribution in [0.1, 0.15) is 23.7 Å². The van der Waals surface area contributed by atoms with Crippen LogP contribution in [0.25, 0.3) is 0 Å². The van der Waals surface area contributed by atoms with Crippen LogP contribution < -0.4 is 10.6 Å². The Hall–Kier alpha value is -3.43. The lowest BCUT2D eigenvalue weighted by atomic mass is 10.1. The minimum atomic E-state index is -0.673. The molecule has 0 aliphatic heterocycles. The summed E-state index contributed by atoms with van der Waals surface area (Å²) in [6.45, 7) is 1.70. The zero-order chi connectivity index (χ0) is 23.3. The average molecular weight is 474 g/mol. The van der Waals surface area contributed by atoms with Gasteiger partial charge >= 0.3 is 0 Å². The van der Waals surface area contributed by atoms with E-state index in [1.165, 1.54) is 36.4 Å². The number of hydrogen-bond acceptors (Lipinski definition) is 5. The number of halogens is 2. The molecule has 0 saturated carbocycles. The largest absolute Gasteiger partial charge is 0.326 e. The Morgan fingerprint density at radius 3 is 2.50 bits per heavy atom. The zero-order valence-corrected chi connectivity index (χ0v) is 18.3. The average Bonchev–Trinajstić information content (AvgIpc) is 2.77. The summed E-state index contributed by atoms with van der Waals surface area (Å²) >= 11 is 7.15. The number of nitro benzene ring substituents is 1. The lowest BCUT2D eigenvalue weighted by Crippen LogP contribution is -2.15. The maximum atomic E-state index is 14.1. The van der Waals surface area contributed by atoms with Gasteiger partial charge in [0.25, 0.3) is 11.6 Å². The van der Waals surface area contributed by atoms with Crippen molar-refractivity contribution in [2.45, 2.75) is 23.1 Å². The van der Waals surface area contributed by atoms with Crippen LogP contribution in [0.4, 0.5) is 21.5 Å². The van der Waals surface area contributed by atoms with Crippen LogP contribution in [0.5, 0.6) is 0 Å². The van der Waals surface area contributed by atoms with E-state index in [9.17, 15) is 24.1 Å². The summed E-state index contributed by atoms with van der Waals surface area (Å²) in [4.78, 5) is 35.9. The highest BCUT2D eigenvalue weighted by Crippen LogP contribution is 2.35. The van der Waals surface area contributed by atoms with Crippen molar-refractivity contribution in [1.29, 1.82) is 0 Å². The summed E-state index contributed by atoms with van der Waals surface area (Å²) in [5, 5.41) is 16.7. The van der Waals surface area contributed by atoms with Crippen molar-refractivity contribution in [2.75, 3.05) is 10.6 Å². The number of nitrogens with zero attached hydrogens (tertiary/aromatic N) is 1. The van der Waals surface area contributed by atoms with E-state index < -0.39 is 16.6 Å². The van der Waals surface area contributed by atoms with Gasteiger partial charge in [0.2, 0.25) is 5.91 Å². The van der Waals surface area contributed by atoms with Crippen LogP contribution in [0.2, 0.25) is 5.02 Å². The van der Waals surface area contributed by atoms with Gasteiger partial charge < -0.3 is 10.6 Å². The molecule has 0 aliphatic rings. The molecule has 164 valence electrons. The zero-order valence-electron chi connectivity index (χ0n) is 16.7. The Balaban J connectivity index is 1.95. The lowest BCUT2D eigenvalue weighted by molar-refractivity contribution is -0.384. The number of carbonyl (C=O) groups excluding carboxylic acids is 2. The van der Waals surface area contributed by atoms with Crippen LogP contribution in [0.15, 0.2) is 70.5 Å². The minimum absolute atomic E-state index is 0.0217. The first-order valence-corrected chi connectivity index (χ1v) is 10.6. The van der Waals surface area contributed by atoms with Gasteiger partial charge in [0.05, 0.1) is 21.2 Å². The number of benzene rings is 3. The Morgan fingerprint density at radius 1 is 1.06 bits per heavy atom. The molecule has 2 N–H and O–H groups in total. The predicted molar refractivity (Wildman–Crippen MR) is 122 cm³/mol. The van der Waals surface area contributed by atoms with Crippen LogP contribution in [-0.4, -0.2) is 16.7 Å². The van der Waals surface area contributed by atoms with Gasteiger partial charge in [-0.2, -0.15) is 0 Å². The molecule has 0 saturated heterocycles. The molecule has 3 aromatic rings. The summed E-state index contributed by atoms with van der Waals surface area (Å²) in [6.07, 6.45) is 0.272. The molecule has 0 heterocycles. The maximum absolute atomic E-state index is 14.1. The molecule has 0 spiro atoms. The number of carbonyl (C=O) groups is 2. The molecule has 2 amide bonds. The number of rotatable bonds is 7. The number of amides is 2. The van der Waals surface area contributed by atoms with Crippen molar-refractivity contribution in [1.82, 2.24) is 0 Å². The van der Waals surface area contributed by atoms with Gasteiger partial charge in [-0.05, 0) is 36.4 Å². The third-order valence-corrected chi connectivity index (χ3v) is 5.75. The first-order valence-electron chi connectivity index (χ1n) is 9.40. The van der Waals surface area contributed by atoms with Crippen molar-refractivity contribution in [2.24, 2.45) is 0 Å². The van der Waals surface area contributed by atoms with Crippen LogP contribution in [-0.2, 0) is 4.79 Å². The Bertz CT molecular complexity index is 1210. The van der Waals surface area contributed by atoms with Crippen LogP contribution in [0, 0.1) is 15.9 Å². The molecule has 32 heavy (non-hydrogen) atoms. The number of non-ortho nitro benzene ring substituents is 1. The molecule has 3 rings (SSSR count). The van der Waals surface area contributed by atoms with Gasteiger partial charge in [-0.15, -0.1) is 0 Å². The van der Waals surface area contributed by atoms with E-state index >= 15 is 0 Å². The fourth-order valence-electron chi connectivity index (χ4n) is 2.68. The summed E-state index contributed by atoms with van der Waals surface area (Å²) < 4.78 is 14.1. The Labute approximate surface area is 192 Å². The Morgan fingerprint density at radius 2 is 1.81 bits per heavy atom. The summed E-state index contributed by atoms with van der Waals surface area (Å²) in [5.41, 5.74) is 0.324. The quantitative estimate of drug-likeness (QED) is 0.317. The monoisotopic (exact) mass is 473 g/mol. The number of hydrogen-bond donors (Lipinski definition) is 2. The Kier molecular flexibility index (Phi) is 7.45. The molecular weight excluding hydrogens is 457 g/mol. The van der Waals surface area contributed by atoms with E-state index in [2.05, 4.69) is 10.6 Å². The maximum Gasteiger partial charge on any atom is 0.270 e. The predicted octanol–water partition coefficient (Wildman–Crippen LogP) is 6.14. The molecule has 10 heteroatoms. The van der Waals surface area contributed by atoms with Gasteiger partial charge in [-0.1, -0.05) is 42.4 Å². The molecule has 3 aromatic carbocycles. The third kappa shape index (κ3) is 5.63. The highest BCUT2D eigenvalue weighted by atomic mass is 35.5. The molecule has 0 aromatic heterocycles. The molecule has 0 aliphatic carbocycles. The SMILES string of the molecule is CCC(=O)Nc1ccc(Cl)c(NC(=O)c2cc([N+](=O)[O-])ccc2Sc2ccccc2F)c1. The highest BCUT2D eigenvalue weighted by Gasteiger charge is 2.20. The second kappa shape index (κ2) is 10.3. The number of nitro groups is 1. The van der Waals surface area contributed by atoms with Crippen LogP contribution >= 0.6 is 23.4 Å². The van der Waals surface area contributed by atoms with Gasteiger partial charge in [0.15, 0.2) is 0 Å². The molecular formula is C22H17ClFN3O4S. The third-order valence-electron chi connectivity index (χ3n) is 4.29. The second-order valence-electron chi connectivity index (χ2n) is 6.52. The van der Waals surface area contributed by atoms with E-state index in [1.54, 1.807) is 25.1 Å². The topological polar surface area (TPSA) is 101 Å². The standard InChI is InChI=1S/C22H17ClFN3O4S/c1-2-21(28)25-13-7-9-16(23)18(11-13)26-22(29)15-12-14(27(30)31)8-10-19(15)32-20-6-4-3-5-17(20)24/h3-12H,2H2,1H3,(H,25,28)(H,26,29). The fraction of sp³-hybridized carbons (Fsp3) is 0.0909. The van der Waals surface area contributed by atoms with E-state index in [-0.39, 0.29) is 39.2 Å². The molecule has 0 atom stereocenters. The lowest BCUT2D eigenvalue weighted by Gasteiger charge is -2.13.